The number of rotatable bonds is 1. The van der Waals surface area contributed by atoms with Crippen LogP contribution in [0.25, 0.3) is 11.1 Å². The average Bonchev–Trinajstić information content (AvgIpc) is 2.20. The van der Waals surface area contributed by atoms with Gasteiger partial charge >= 0.3 is 0 Å². The second kappa shape index (κ2) is 3.62. The minimum atomic E-state index is 0.961. The van der Waals surface area contributed by atoms with E-state index in [9.17, 15) is 0 Å². The van der Waals surface area contributed by atoms with E-state index in [0.717, 1.165) is 15.6 Å². The summed E-state index contributed by atoms with van der Waals surface area (Å²) in [5.74, 6) is 0. The average molecular weight is 236 g/mol. The molecule has 0 bridgehead atoms. The second-order valence-electron chi connectivity index (χ2n) is 2.48. The molecule has 2 rings (SSSR count). The summed E-state index contributed by atoms with van der Waals surface area (Å²) in [5, 5.41) is 0. The number of nitrogens with zero attached hydrogens (tertiary/aromatic N) is 3. The monoisotopic (exact) mass is 235 g/mol. The van der Waals surface area contributed by atoms with Crippen molar-refractivity contribution in [2.75, 3.05) is 0 Å². The molecule has 4 heteroatoms. The Hall–Kier alpha value is -1.29. The predicted octanol–water partition coefficient (Wildman–Crippen LogP) is 2.30. The lowest BCUT2D eigenvalue weighted by Crippen LogP contribution is -1.84. The number of pyridine rings is 1. The highest BCUT2D eigenvalue weighted by molar-refractivity contribution is 9.10. The molecule has 0 saturated carbocycles. The Morgan fingerprint density at radius 3 is 2.46 bits per heavy atom. The van der Waals surface area contributed by atoms with E-state index in [2.05, 4.69) is 30.9 Å². The predicted molar refractivity (Wildman–Crippen MR) is 53.0 cm³/mol. The first kappa shape index (κ1) is 8.31. The summed E-state index contributed by atoms with van der Waals surface area (Å²) in [4.78, 5) is 11.9. The molecule has 2 heterocycles. The summed E-state index contributed by atoms with van der Waals surface area (Å²) < 4.78 is 0.998. The zero-order valence-electron chi connectivity index (χ0n) is 6.68. The van der Waals surface area contributed by atoms with Crippen molar-refractivity contribution in [3.8, 4) is 11.1 Å². The zero-order valence-corrected chi connectivity index (χ0v) is 8.27. The van der Waals surface area contributed by atoms with Crippen LogP contribution < -0.4 is 0 Å². The van der Waals surface area contributed by atoms with E-state index in [1.54, 1.807) is 24.8 Å². The molecular weight excluding hydrogens is 230 g/mol. The van der Waals surface area contributed by atoms with Crippen LogP contribution in [0.5, 0.6) is 0 Å². The van der Waals surface area contributed by atoms with E-state index in [-0.39, 0.29) is 0 Å². The second-order valence-corrected chi connectivity index (χ2v) is 3.34. The third-order valence-corrected chi connectivity index (χ3v) is 2.33. The van der Waals surface area contributed by atoms with E-state index in [0.29, 0.717) is 0 Å². The lowest BCUT2D eigenvalue weighted by molar-refractivity contribution is 1.16. The van der Waals surface area contributed by atoms with Gasteiger partial charge in [0.25, 0.3) is 0 Å². The molecule has 2 aromatic rings. The summed E-state index contributed by atoms with van der Waals surface area (Å²) in [6.45, 7) is 0. The maximum atomic E-state index is 4.04. The van der Waals surface area contributed by atoms with Gasteiger partial charge in [-0.05, 0) is 6.07 Å². The fourth-order valence-electron chi connectivity index (χ4n) is 1.03. The molecule has 0 amide bonds. The molecule has 0 aliphatic rings. The van der Waals surface area contributed by atoms with E-state index >= 15 is 0 Å². The van der Waals surface area contributed by atoms with Crippen LogP contribution in [-0.2, 0) is 0 Å². The van der Waals surface area contributed by atoms with Gasteiger partial charge in [0.2, 0.25) is 0 Å². The first-order chi connectivity index (χ1) is 6.38. The van der Waals surface area contributed by atoms with Gasteiger partial charge in [-0.25, -0.2) is 9.97 Å². The van der Waals surface area contributed by atoms with Crippen molar-refractivity contribution >= 4 is 15.9 Å². The minimum absolute atomic E-state index is 0.961. The van der Waals surface area contributed by atoms with Gasteiger partial charge in [0.05, 0.1) is 0 Å². The van der Waals surface area contributed by atoms with Crippen molar-refractivity contribution in [1.82, 2.24) is 15.0 Å². The summed E-state index contributed by atoms with van der Waals surface area (Å²) in [5.41, 5.74) is 1.96. The molecule has 0 N–H and O–H groups in total. The van der Waals surface area contributed by atoms with Gasteiger partial charge < -0.3 is 0 Å². The molecule has 0 aromatic carbocycles. The fourth-order valence-corrected chi connectivity index (χ4v) is 1.48. The van der Waals surface area contributed by atoms with Gasteiger partial charge in [-0.15, -0.1) is 0 Å². The molecule has 0 spiro atoms. The van der Waals surface area contributed by atoms with Gasteiger partial charge in [0, 0.05) is 40.4 Å². The first-order valence-corrected chi connectivity index (χ1v) is 4.52. The minimum Gasteiger partial charge on any atom is -0.264 e. The Morgan fingerprint density at radius 2 is 1.77 bits per heavy atom. The molecular formula is C9H6BrN3. The molecule has 0 aliphatic carbocycles. The molecule has 0 aliphatic heterocycles. The molecule has 0 saturated heterocycles. The first-order valence-electron chi connectivity index (χ1n) is 3.73. The van der Waals surface area contributed by atoms with Crippen molar-refractivity contribution < 1.29 is 0 Å². The largest absolute Gasteiger partial charge is 0.264 e. The fraction of sp³-hybridized carbons (Fsp3) is 0. The van der Waals surface area contributed by atoms with E-state index in [4.69, 9.17) is 0 Å². The van der Waals surface area contributed by atoms with Crippen LogP contribution in [0, 0.1) is 0 Å². The highest BCUT2D eigenvalue weighted by Gasteiger charge is 2.01. The Bertz CT molecular complexity index is 403. The van der Waals surface area contributed by atoms with Crippen molar-refractivity contribution in [3.05, 3.63) is 41.7 Å². The summed E-state index contributed by atoms with van der Waals surface area (Å²) in [6.07, 6.45) is 8.54. The van der Waals surface area contributed by atoms with Crippen molar-refractivity contribution in [3.63, 3.8) is 0 Å². The normalized spacial score (nSPS) is 9.92. The van der Waals surface area contributed by atoms with E-state index in [1.165, 1.54) is 6.33 Å². The topological polar surface area (TPSA) is 38.7 Å². The Kier molecular flexibility index (Phi) is 2.31. The molecule has 13 heavy (non-hydrogen) atoms. The van der Waals surface area contributed by atoms with Gasteiger partial charge in [-0.1, -0.05) is 15.9 Å². The van der Waals surface area contributed by atoms with Crippen molar-refractivity contribution in [1.29, 1.82) is 0 Å². The van der Waals surface area contributed by atoms with Crippen LogP contribution in [-0.4, -0.2) is 15.0 Å². The van der Waals surface area contributed by atoms with Gasteiger partial charge in [-0.3, -0.25) is 4.98 Å². The summed E-state index contributed by atoms with van der Waals surface area (Å²) in [6, 6.07) is 1.89. The third kappa shape index (κ3) is 1.72. The lowest BCUT2D eigenvalue weighted by atomic mass is 10.2. The summed E-state index contributed by atoms with van der Waals surface area (Å²) >= 11 is 3.44. The molecule has 64 valence electrons. The van der Waals surface area contributed by atoms with E-state index < -0.39 is 0 Å². The standard InChI is InChI=1S/C9H6BrN3/c10-9-1-2-11-5-8(9)7-3-12-6-13-4-7/h1-6H. The highest BCUT2D eigenvalue weighted by atomic mass is 79.9. The van der Waals surface area contributed by atoms with Crippen LogP contribution in [0.15, 0.2) is 41.7 Å². The van der Waals surface area contributed by atoms with Crippen LogP contribution in [0.1, 0.15) is 0 Å². The van der Waals surface area contributed by atoms with Crippen LogP contribution in [0.2, 0.25) is 0 Å². The van der Waals surface area contributed by atoms with Gasteiger partial charge in [0.1, 0.15) is 6.33 Å². The SMILES string of the molecule is Brc1ccncc1-c1cncnc1. The Labute approximate surface area is 84.0 Å². The van der Waals surface area contributed by atoms with E-state index in [1.807, 2.05) is 6.07 Å². The van der Waals surface area contributed by atoms with Crippen LogP contribution in [0.4, 0.5) is 0 Å². The smallest absolute Gasteiger partial charge is 0.115 e. The molecule has 0 fully saturated rings. The quantitative estimate of drug-likeness (QED) is 0.762. The number of aromatic nitrogens is 3. The number of hydrogen-bond donors (Lipinski definition) is 0. The molecule has 3 nitrogen and oxygen atoms in total. The molecule has 2 aromatic heterocycles. The molecule has 0 radical (unpaired) electrons. The van der Waals surface area contributed by atoms with Crippen molar-refractivity contribution in [2.24, 2.45) is 0 Å². The third-order valence-electron chi connectivity index (χ3n) is 1.64. The number of halogens is 1. The highest BCUT2D eigenvalue weighted by Crippen LogP contribution is 2.25. The van der Waals surface area contributed by atoms with Gasteiger partial charge in [0.15, 0.2) is 0 Å². The maximum Gasteiger partial charge on any atom is 0.115 e. The molecule has 0 unspecified atom stereocenters. The molecule has 0 atom stereocenters. The van der Waals surface area contributed by atoms with Crippen molar-refractivity contribution in [2.45, 2.75) is 0 Å². The van der Waals surface area contributed by atoms with Crippen LogP contribution >= 0.6 is 15.9 Å². The van der Waals surface area contributed by atoms with Gasteiger partial charge in [-0.2, -0.15) is 0 Å². The number of hydrogen-bond acceptors (Lipinski definition) is 3. The van der Waals surface area contributed by atoms with Crippen LogP contribution in [0.3, 0.4) is 0 Å². The maximum absolute atomic E-state index is 4.04. The summed E-state index contributed by atoms with van der Waals surface area (Å²) in [7, 11) is 0. The lowest BCUT2D eigenvalue weighted by Gasteiger charge is -2.00. The Morgan fingerprint density at radius 1 is 1.00 bits per heavy atom. The zero-order chi connectivity index (χ0) is 9.10. The Balaban J connectivity index is 2.54.